The van der Waals surface area contributed by atoms with Crippen molar-refractivity contribution < 1.29 is 61.2 Å². The molecule has 0 saturated heterocycles. The topological polar surface area (TPSA) is 32.3 Å². The molecule has 0 saturated carbocycles. The van der Waals surface area contributed by atoms with Gasteiger partial charge in [-0.3, -0.25) is 0 Å². The van der Waals surface area contributed by atoms with Crippen LogP contribution in [-0.2, 0) is 11.2 Å². The van der Waals surface area contributed by atoms with E-state index in [1.807, 2.05) is 11.3 Å². The Hall–Kier alpha value is 1.26. The minimum Gasteiger partial charge on any atom is -0.853 e. The van der Waals surface area contributed by atoms with Crippen LogP contribution in [0.4, 0.5) is 0 Å². The largest absolute Gasteiger partial charge is 1.00 e. The van der Waals surface area contributed by atoms with Crippen molar-refractivity contribution >= 4 is 11.3 Å². The molecule has 0 unspecified atom stereocenters. The minimum absolute atomic E-state index is 0. The predicted octanol–water partition coefficient (Wildman–Crippen LogP) is 1.96. The molecule has 0 aliphatic rings. The van der Waals surface area contributed by atoms with Gasteiger partial charge in [-0.25, -0.2) is 0 Å². The summed E-state index contributed by atoms with van der Waals surface area (Å²) in [7, 11) is 0. The van der Waals surface area contributed by atoms with Crippen molar-refractivity contribution in [3.05, 3.63) is 22.4 Å². The maximum absolute atomic E-state index is 10.2. The average Bonchev–Trinajstić information content (AvgIpc) is 3.04. The van der Waals surface area contributed by atoms with Crippen molar-refractivity contribution in [2.75, 3.05) is 19.8 Å². The maximum atomic E-state index is 10.2. The summed E-state index contributed by atoms with van der Waals surface area (Å²) in [6.45, 7) is 1.05. The van der Waals surface area contributed by atoms with Crippen LogP contribution in [0, 0.1) is 0 Å². The number of ether oxygens (including phenoxy) is 1. The second kappa shape index (κ2) is 19.6. The quantitative estimate of drug-likeness (QED) is 0.332. The van der Waals surface area contributed by atoms with Gasteiger partial charge in [0.2, 0.25) is 0 Å². The van der Waals surface area contributed by atoms with E-state index in [-0.39, 0.29) is 58.0 Å². The zero-order valence-corrected chi connectivity index (χ0v) is 19.0. The molecule has 1 aromatic heterocycles. The molecular formula is C19H33KO2S. The van der Waals surface area contributed by atoms with Crippen molar-refractivity contribution in [3.8, 4) is 0 Å². The first-order valence-corrected chi connectivity index (χ1v) is 9.99. The van der Waals surface area contributed by atoms with E-state index >= 15 is 0 Å². The molecule has 0 spiro atoms. The van der Waals surface area contributed by atoms with E-state index in [2.05, 4.69) is 17.5 Å². The van der Waals surface area contributed by atoms with Crippen molar-refractivity contribution in [1.82, 2.24) is 0 Å². The van der Waals surface area contributed by atoms with Crippen LogP contribution in [0.25, 0.3) is 0 Å². The van der Waals surface area contributed by atoms with E-state index in [1.54, 1.807) is 4.88 Å². The normalized spacial score (nSPS) is 10.7. The second-order valence-electron chi connectivity index (χ2n) is 6.03. The first-order valence-electron chi connectivity index (χ1n) is 9.11. The monoisotopic (exact) mass is 364 g/mol. The zero-order valence-electron chi connectivity index (χ0n) is 15.1. The Bertz CT molecular complexity index is 317. The molecule has 0 amide bonds. The third-order valence-corrected chi connectivity index (χ3v) is 4.96. The molecule has 1 rings (SSSR count). The van der Waals surface area contributed by atoms with Gasteiger partial charge in [-0.2, -0.15) is 0 Å². The third-order valence-electron chi connectivity index (χ3n) is 4.02. The van der Waals surface area contributed by atoms with E-state index in [0.717, 1.165) is 13.0 Å². The smallest absolute Gasteiger partial charge is 0.853 e. The maximum Gasteiger partial charge on any atom is 1.00 e. The molecule has 0 radical (unpaired) electrons. The van der Waals surface area contributed by atoms with Gasteiger partial charge in [-0.1, -0.05) is 63.9 Å². The van der Waals surface area contributed by atoms with Crippen molar-refractivity contribution in [1.29, 1.82) is 0 Å². The van der Waals surface area contributed by atoms with Crippen LogP contribution in [0.3, 0.4) is 0 Å². The number of unbranched alkanes of at least 4 members (excludes halogenated alkanes) is 10. The van der Waals surface area contributed by atoms with E-state index in [9.17, 15) is 5.11 Å². The van der Waals surface area contributed by atoms with Crippen molar-refractivity contribution in [2.45, 2.75) is 77.0 Å². The van der Waals surface area contributed by atoms with Crippen LogP contribution in [0.1, 0.15) is 75.5 Å². The third kappa shape index (κ3) is 16.5. The number of thiophene rings is 1. The van der Waals surface area contributed by atoms with Crippen molar-refractivity contribution in [3.63, 3.8) is 0 Å². The van der Waals surface area contributed by atoms with Gasteiger partial charge in [0.1, 0.15) is 0 Å². The molecule has 1 aromatic rings. The molecule has 0 aliphatic heterocycles. The van der Waals surface area contributed by atoms with Crippen molar-refractivity contribution in [2.24, 2.45) is 0 Å². The SMILES string of the molecule is [K+].[O-]CCOCCCCCCCCCCCCCc1cccs1. The fraction of sp³-hybridized carbons (Fsp3) is 0.789. The molecule has 1 heterocycles. The number of rotatable bonds is 16. The average molecular weight is 365 g/mol. The fourth-order valence-electron chi connectivity index (χ4n) is 2.71. The summed E-state index contributed by atoms with van der Waals surface area (Å²) in [6.07, 6.45) is 16.1. The Morgan fingerprint density at radius 1 is 0.783 bits per heavy atom. The van der Waals surface area contributed by atoms with E-state index in [4.69, 9.17) is 4.74 Å². The van der Waals surface area contributed by atoms with Crippen LogP contribution in [0.15, 0.2) is 17.5 Å². The molecule has 128 valence electrons. The summed E-state index contributed by atoms with van der Waals surface area (Å²) in [4.78, 5) is 1.54. The van der Waals surface area contributed by atoms with E-state index in [0.29, 0.717) is 6.61 Å². The van der Waals surface area contributed by atoms with Crippen LogP contribution < -0.4 is 56.5 Å². The van der Waals surface area contributed by atoms with Crippen LogP contribution in [0.2, 0.25) is 0 Å². The summed E-state index contributed by atoms with van der Waals surface area (Å²) in [5.74, 6) is 0. The first kappa shape index (κ1) is 24.3. The van der Waals surface area contributed by atoms with Gasteiger partial charge in [0.25, 0.3) is 0 Å². The van der Waals surface area contributed by atoms with Gasteiger partial charge < -0.3 is 9.84 Å². The molecule has 0 N–H and O–H groups in total. The Morgan fingerprint density at radius 2 is 1.35 bits per heavy atom. The summed E-state index contributed by atoms with van der Waals surface area (Å²) >= 11 is 1.89. The molecule has 0 aromatic carbocycles. The first-order chi connectivity index (χ1) is 10.9. The standard InChI is InChI=1S/C19H33O2S.K/c20-15-17-21-16-11-9-7-5-3-1-2-4-6-8-10-13-19-14-12-18-22-19;/h12,14,18H,1-11,13,15-17H2;/q-1;+1. The molecule has 2 nitrogen and oxygen atoms in total. The summed E-state index contributed by atoms with van der Waals surface area (Å²) in [6, 6.07) is 4.40. The number of aryl methyl sites for hydroxylation is 1. The molecular weight excluding hydrogens is 331 g/mol. The van der Waals surface area contributed by atoms with E-state index in [1.165, 1.54) is 70.6 Å². The predicted molar refractivity (Wildman–Crippen MR) is 94.5 cm³/mol. The fourth-order valence-corrected chi connectivity index (χ4v) is 3.46. The van der Waals surface area contributed by atoms with Gasteiger partial charge in [0.05, 0.1) is 0 Å². The van der Waals surface area contributed by atoms with Gasteiger partial charge in [-0.15, -0.1) is 17.9 Å². The molecule has 0 aliphatic carbocycles. The second-order valence-corrected chi connectivity index (χ2v) is 7.07. The van der Waals surface area contributed by atoms with Gasteiger partial charge in [-0.05, 0) is 30.7 Å². The van der Waals surface area contributed by atoms with Crippen LogP contribution in [0.5, 0.6) is 0 Å². The summed E-state index contributed by atoms with van der Waals surface area (Å²) < 4.78 is 5.19. The Labute approximate surface area is 189 Å². The molecule has 0 fully saturated rings. The zero-order chi connectivity index (χ0) is 15.7. The Balaban J connectivity index is 0.00000484. The Morgan fingerprint density at radius 3 is 1.87 bits per heavy atom. The van der Waals surface area contributed by atoms with Gasteiger partial charge in [0, 0.05) is 18.1 Å². The summed E-state index contributed by atoms with van der Waals surface area (Å²) in [5.41, 5.74) is 0. The Kier molecular flexibility index (Phi) is 20.6. The van der Waals surface area contributed by atoms with Gasteiger partial charge >= 0.3 is 51.4 Å². The minimum atomic E-state index is -0.103. The van der Waals surface area contributed by atoms with Gasteiger partial charge in [0.15, 0.2) is 0 Å². The molecule has 0 bridgehead atoms. The number of hydrogen-bond donors (Lipinski definition) is 0. The number of hydrogen-bond acceptors (Lipinski definition) is 3. The molecule has 0 atom stereocenters. The van der Waals surface area contributed by atoms with Crippen LogP contribution >= 0.6 is 11.3 Å². The molecule has 23 heavy (non-hydrogen) atoms. The summed E-state index contributed by atoms with van der Waals surface area (Å²) in [5, 5.41) is 12.4. The molecule has 4 heteroatoms. The van der Waals surface area contributed by atoms with Crippen LogP contribution in [-0.4, -0.2) is 19.8 Å². The van der Waals surface area contributed by atoms with E-state index < -0.39 is 0 Å².